The van der Waals surface area contributed by atoms with Crippen LogP contribution in [0.3, 0.4) is 0 Å². The topological polar surface area (TPSA) is 185 Å². The number of nitrogens with two attached hydrogens (primary N) is 1. The van der Waals surface area contributed by atoms with E-state index in [1.165, 1.54) is 40.7 Å². The number of rotatable bonds is 7. The minimum absolute atomic E-state index is 0.0524. The molecule has 1 aromatic heterocycles. The summed E-state index contributed by atoms with van der Waals surface area (Å²) in [7, 11) is 0. The Bertz CT molecular complexity index is 1360. The molecule has 4 aliphatic heterocycles. The van der Waals surface area contributed by atoms with E-state index in [0.717, 1.165) is 21.8 Å². The molecule has 1 fully saturated rings. The second kappa shape index (κ2) is 10.3. The number of carboxylic acid groups (broad SMARTS) is 1. The first-order valence-corrected chi connectivity index (χ1v) is 14.4. The van der Waals surface area contributed by atoms with Crippen molar-refractivity contribution in [1.29, 1.82) is 0 Å². The SMILES string of the molecule is Nc1nc(C(=NO)C(=O)NC2C(=O)N3C(C(=O)O)=C(C=CSC4OC(=O)C5=C4C=CCS5)CS[C@@H]23)cs1. The number of nitrogens with zero attached hydrogens (tertiary/aromatic N) is 3. The molecule has 0 radical (unpaired) electrons. The zero-order valence-electron chi connectivity index (χ0n) is 18.5. The van der Waals surface area contributed by atoms with Crippen molar-refractivity contribution in [2.45, 2.75) is 16.9 Å². The Labute approximate surface area is 225 Å². The quantitative estimate of drug-likeness (QED) is 0.120. The van der Waals surface area contributed by atoms with Crippen molar-refractivity contribution in [3.8, 4) is 0 Å². The minimum atomic E-state index is -1.28. The number of aromatic nitrogens is 1. The fraction of sp³-hybridized carbons (Fsp3) is 0.238. The van der Waals surface area contributed by atoms with Gasteiger partial charge in [-0.05, 0) is 17.1 Å². The number of cyclic esters (lactones) is 1. The Kier molecular flexibility index (Phi) is 7.06. The zero-order chi connectivity index (χ0) is 26.3. The molecule has 5 N–H and O–H groups in total. The highest BCUT2D eigenvalue weighted by atomic mass is 32.2. The normalized spacial score (nSPS) is 25.2. The number of carbonyl (C=O) groups excluding carboxylic acids is 3. The lowest BCUT2D eigenvalue weighted by Crippen LogP contribution is -2.71. The van der Waals surface area contributed by atoms with Gasteiger partial charge in [0, 0.05) is 22.5 Å². The van der Waals surface area contributed by atoms with Crippen LogP contribution in [-0.2, 0) is 23.9 Å². The molecule has 0 aliphatic carbocycles. The molecule has 0 aromatic carbocycles. The fourth-order valence-electron chi connectivity index (χ4n) is 3.93. The standard InChI is InChI=1S/C21H17N5O7S4/c22-21-23-10(7-37-21)11(25-32)15(27)24-12-16(28)26-13(18(29)30)8(6-36-17(12)26)3-5-35-20-9-2-1-4-34-14(9)19(31)33-20/h1-3,5,7,12,17,20,32H,4,6H2,(H2,22,23)(H,24,27)(H,29,30)/t12?,17-,20?/m0/s1. The summed E-state index contributed by atoms with van der Waals surface area (Å²) in [6, 6.07) is -1.02. The van der Waals surface area contributed by atoms with Crippen LogP contribution in [0.25, 0.3) is 0 Å². The first kappa shape index (κ1) is 25.4. The molecular weight excluding hydrogens is 563 g/mol. The van der Waals surface area contributed by atoms with Crippen LogP contribution in [-0.4, -0.2) is 78.0 Å². The van der Waals surface area contributed by atoms with Gasteiger partial charge in [0.2, 0.25) is 0 Å². The number of esters is 1. The predicted octanol–water partition coefficient (Wildman–Crippen LogP) is 1.33. The lowest BCUT2D eigenvalue weighted by Gasteiger charge is -2.49. The van der Waals surface area contributed by atoms with Crippen molar-refractivity contribution in [1.82, 2.24) is 15.2 Å². The largest absolute Gasteiger partial charge is 0.477 e. The minimum Gasteiger partial charge on any atom is -0.477 e. The molecule has 0 bridgehead atoms. The van der Waals surface area contributed by atoms with Gasteiger partial charge in [0.25, 0.3) is 11.8 Å². The number of aliphatic carboxylic acids is 1. The predicted molar refractivity (Wildman–Crippen MR) is 140 cm³/mol. The number of hydrogen-bond donors (Lipinski definition) is 4. The van der Waals surface area contributed by atoms with E-state index in [1.807, 2.05) is 12.2 Å². The van der Waals surface area contributed by atoms with Gasteiger partial charge in [0.15, 0.2) is 16.3 Å². The second-order valence-corrected chi connectivity index (χ2v) is 11.7. The third-order valence-electron chi connectivity index (χ3n) is 5.57. The molecule has 37 heavy (non-hydrogen) atoms. The van der Waals surface area contributed by atoms with Crippen LogP contribution < -0.4 is 11.1 Å². The molecule has 0 spiro atoms. The Morgan fingerprint density at radius 1 is 1.38 bits per heavy atom. The molecule has 5 heterocycles. The Balaban J connectivity index is 1.28. The summed E-state index contributed by atoms with van der Waals surface area (Å²) in [5.41, 5.74) is 5.68. The summed E-state index contributed by atoms with van der Waals surface area (Å²) in [6.07, 6.45) is 5.39. The first-order valence-electron chi connectivity index (χ1n) is 10.5. The van der Waals surface area contributed by atoms with Gasteiger partial charge in [0.1, 0.15) is 27.7 Å². The maximum atomic E-state index is 12.9. The molecule has 16 heteroatoms. The average Bonchev–Trinajstić information content (AvgIpc) is 3.45. The van der Waals surface area contributed by atoms with Gasteiger partial charge in [-0.1, -0.05) is 29.1 Å². The van der Waals surface area contributed by atoms with Crippen molar-refractivity contribution in [3.63, 3.8) is 0 Å². The van der Waals surface area contributed by atoms with E-state index in [1.54, 1.807) is 11.5 Å². The Morgan fingerprint density at radius 3 is 2.89 bits per heavy atom. The highest BCUT2D eigenvalue weighted by molar-refractivity contribution is 8.05. The first-order chi connectivity index (χ1) is 17.8. The molecule has 3 atom stereocenters. The van der Waals surface area contributed by atoms with E-state index in [4.69, 9.17) is 10.5 Å². The summed E-state index contributed by atoms with van der Waals surface area (Å²) in [4.78, 5) is 55.2. The number of hydrogen-bond acceptors (Lipinski definition) is 13. The Hall–Kier alpha value is -3.21. The number of thiazole rings is 1. The lowest BCUT2D eigenvalue weighted by atomic mass is 10.0. The number of nitrogens with one attached hydrogen (secondary N) is 1. The van der Waals surface area contributed by atoms with Crippen LogP contribution >= 0.6 is 46.6 Å². The average molecular weight is 580 g/mol. The number of nitrogen functional groups attached to an aromatic ring is 1. The van der Waals surface area contributed by atoms with Crippen LogP contribution in [0, 0.1) is 0 Å². The van der Waals surface area contributed by atoms with Gasteiger partial charge < -0.3 is 26.1 Å². The second-order valence-electron chi connectivity index (χ2n) is 7.73. The molecule has 1 aromatic rings. The van der Waals surface area contributed by atoms with Crippen LogP contribution in [0.4, 0.5) is 5.13 Å². The highest BCUT2D eigenvalue weighted by Gasteiger charge is 2.54. The van der Waals surface area contributed by atoms with Crippen molar-refractivity contribution >= 4 is 81.2 Å². The van der Waals surface area contributed by atoms with Crippen LogP contribution in [0.1, 0.15) is 5.69 Å². The molecule has 5 rings (SSSR count). The van der Waals surface area contributed by atoms with Crippen molar-refractivity contribution in [2.75, 3.05) is 17.2 Å². The number of carbonyl (C=O) groups is 4. The third-order valence-corrected chi connectivity index (χ3v) is 9.49. The molecule has 2 unspecified atom stereocenters. The highest BCUT2D eigenvalue weighted by Crippen LogP contribution is 2.42. The molecule has 12 nitrogen and oxygen atoms in total. The van der Waals surface area contributed by atoms with E-state index in [9.17, 15) is 29.5 Å². The smallest absolute Gasteiger partial charge is 0.352 e. The van der Waals surface area contributed by atoms with E-state index in [-0.39, 0.29) is 28.2 Å². The zero-order valence-corrected chi connectivity index (χ0v) is 21.8. The van der Waals surface area contributed by atoms with Gasteiger partial charge in [0.05, 0.1) is 0 Å². The van der Waals surface area contributed by atoms with Crippen molar-refractivity contribution < 1.29 is 34.2 Å². The Morgan fingerprint density at radius 2 is 2.19 bits per heavy atom. The fourth-order valence-corrected chi connectivity index (χ4v) is 7.61. The summed E-state index contributed by atoms with van der Waals surface area (Å²) >= 11 is 4.97. The maximum Gasteiger partial charge on any atom is 0.352 e. The number of ether oxygens (including phenoxy) is 1. The molecule has 4 aliphatic rings. The number of carboxylic acids is 1. The van der Waals surface area contributed by atoms with Crippen LogP contribution in [0.5, 0.6) is 0 Å². The van der Waals surface area contributed by atoms with Gasteiger partial charge in [-0.3, -0.25) is 14.5 Å². The molecule has 0 saturated carbocycles. The summed E-state index contributed by atoms with van der Waals surface area (Å²) in [5.74, 6) is -2.15. The van der Waals surface area contributed by atoms with E-state index >= 15 is 0 Å². The van der Waals surface area contributed by atoms with E-state index < -0.39 is 40.3 Å². The summed E-state index contributed by atoms with van der Waals surface area (Å²) in [6.45, 7) is 0. The number of amides is 2. The third kappa shape index (κ3) is 4.65. The number of anilines is 1. The number of fused-ring (bicyclic) bond motifs is 1. The van der Waals surface area contributed by atoms with Gasteiger partial charge >= 0.3 is 11.9 Å². The maximum absolute atomic E-state index is 12.9. The van der Waals surface area contributed by atoms with Gasteiger partial charge in [-0.2, -0.15) is 0 Å². The molecular formula is C21H17N5O7S4. The van der Waals surface area contributed by atoms with Gasteiger partial charge in [-0.15, -0.1) is 34.9 Å². The molecule has 1 saturated heterocycles. The number of oxime groups is 1. The summed E-state index contributed by atoms with van der Waals surface area (Å²) < 4.78 is 5.40. The number of allylic oxidation sites excluding steroid dienone is 1. The van der Waals surface area contributed by atoms with Crippen LogP contribution in [0.2, 0.25) is 0 Å². The number of β-lactam (4-membered cyclic amide) rings is 1. The van der Waals surface area contributed by atoms with E-state index in [2.05, 4.69) is 15.5 Å². The van der Waals surface area contributed by atoms with Crippen LogP contribution in [0.15, 0.2) is 55.9 Å². The molecule has 192 valence electrons. The summed E-state index contributed by atoms with van der Waals surface area (Å²) in [5, 5.41) is 27.2. The van der Waals surface area contributed by atoms with E-state index in [0.29, 0.717) is 16.2 Å². The number of thioether (sulfide) groups is 3. The van der Waals surface area contributed by atoms with Crippen molar-refractivity contribution in [2.24, 2.45) is 5.16 Å². The van der Waals surface area contributed by atoms with Crippen molar-refractivity contribution in [3.05, 3.63) is 56.5 Å². The van der Waals surface area contributed by atoms with Gasteiger partial charge in [-0.25, -0.2) is 14.6 Å². The molecule has 2 amide bonds. The lowest BCUT2D eigenvalue weighted by molar-refractivity contribution is -0.150. The monoisotopic (exact) mass is 579 g/mol.